The van der Waals surface area contributed by atoms with Gasteiger partial charge in [0, 0.05) is 25.7 Å². The van der Waals surface area contributed by atoms with Crippen LogP contribution in [0.4, 0.5) is 0 Å². The Kier molecular flexibility index (Phi) is 6.78. The standard InChI is InChI=1S/C13H28N2S/c1-11-7-12(2)10-15(9-11)13(8-14)5-4-6-16-3/h11-13H,4-10,14H2,1-3H3. The molecule has 3 atom stereocenters. The second-order valence-electron chi connectivity index (χ2n) is 5.42. The van der Waals surface area contributed by atoms with Crippen molar-refractivity contribution in [2.45, 2.75) is 39.2 Å². The maximum Gasteiger partial charge on any atom is 0.0218 e. The summed E-state index contributed by atoms with van der Waals surface area (Å²) >= 11 is 1.94. The molecular weight excluding hydrogens is 216 g/mol. The normalized spacial score (nSPS) is 29.2. The molecule has 0 aromatic heterocycles. The fourth-order valence-corrected chi connectivity index (χ4v) is 3.38. The first-order valence-corrected chi connectivity index (χ1v) is 7.99. The predicted octanol–water partition coefficient (Wildman–Crippen LogP) is 2.43. The smallest absolute Gasteiger partial charge is 0.0218 e. The highest BCUT2D eigenvalue weighted by molar-refractivity contribution is 7.98. The molecule has 0 radical (unpaired) electrons. The van der Waals surface area contributed by atoms with E-state index in [9.17, 15) is 0 Å². The fraction of sp³-hybridized carbons (Fsp3) is 1.00. The molecule has 0 spiro atoms. The Balaban J connectivity index is 2.38. The van der Waals surface area contributed by atoms with Crippen molar-refractivity contribution in [1.82, 2.24) is 4.90 Å². The lowest BCUT2D eigenvalue weighted by atomic mass is 9.90. The molecule has 16 heavy (non-hydrogen) atoms. The van der Waals surface area contributed by atoms with Crippen molar-refractivity contribution in [3.05, 3.63) is 0 Å². The van der Waals surface area contributed by atoms with Crippen LogP contribution in [0, 0.1) is 11.8 Å². The molecule has 1 aliphatic heterocycles. The van der Waals surface area contributed by atoms with E-state index in [2.05, 4.69) is 25.0 Å². The highest BCUT2D eigenvalue weighted by Gasteiger charge is 2.26. The minimum Gasteiger partial charge on any atom is -0.329 e. The van der Waals surface area contributed by atoms with Crippen molar-refractivity contribution in [2.24, 2.45) is 17.6 Å². The van der Waals surface area contributed by atoms with Crippen LogP contribution in [0.3, 0.4) is 0 Å². The molecule has 0 aromatic rings. The molecular formula is C13H28N2S. The first-order valence-electron chi connectivity index (χ1n) is 6.60. The van der Waals surface area contributed by atoms with Gasteiger partial charge in [-0.3, -0.25) is 4.90 Å². The highest BCUT2D eigenvalue weighted by Crippen LogP contribution is 2.23. The molecule has 3 unspecified atom stereocenters. The number of thioether (sulfide) groups is 1. The zero-order valence-electron chi connectivity index (χ0n) is 11.1. The molecule has 1 rings (SSSR count). The van der Waals surface area contributed by atoms with Crippen LogP contribution in [-0.2, 0) is 0 Å². The van der Waals surface area contributed by atoms with Gasteiger partial charge in [-0.15, -0.1) is 0 Å². The number of rotatable bonds is 6. The Hall–Kier alpha value is 0.270. The summed E-state index contributed by atoms with van der Waals surface area (Å²) in [5, 5.41) is 0. The Morgan fingerprint density at radius 1 is 1.31 bits per heavy atom. The number of piperidine rings is 1. The van der Waals surface area contributed by atoms with Crippen molar-refractivity contribution >= 4 is 11.8 Å². The predicted molar refractivity (Wildman–Crippen MR) is 75.0 cm³/mol. The van der Waals surface area contributed by atoms with Gasteiger partial charge in [-0.25, -0.2) is 0 Å². The van der Waals surface area contributed by atoms with E-state index >= 15 is 0 Å². The van der Waals surface area contributed by atoms with Crippen LogP contribution in [0.5, 0.6) is 0 Å². The van der Waals surface area contributed by atoms with Crippen LogP contribution in [-0.4, -0.2) is 42.6 Å². The molecule has 0 amide bonds. The third-order valence-corrected chi connectivity index (χ3v) is 4.27. The van der Waals surface area contributed by atoms with Gasteiger partial charge in [-0.1, -0.05) is 13.8 Å². The second-order valence-corrected chi connectivity index (χ2v) is 6.41. The Labute approximate surface area is 105 Å². The van der Waals surface area contributed by atoms with Crippen molar-refractivity contribution in [3.8, 4) is 0 Å². The number of likely N-dealkylation sites (tertiary alicyclic amines) is 1. The zero-order valence-corrected chi connectivity index (χ0v) is 11.9. The van der Waals surface area contributed by atoms with Crippen LogP contribution in [0.25, 0.3) is 0 Å². The lowest BCUT2D eigenvalue weighted by molar-refractivity contribution is 0.0939. The number of hydrogen-bond acceptors (Lipinski definition) is 3. The summed E-state index contributed by atoms with van der Waals surface area (Å²) in [5.74, 6) is 2.96. The van der Waals surface area contributed by atoms with E-state index in [1.54, 1.807) is 0 Å². The lowest BCUT2D eigenvalue weighted by Gasteiger charge is -2.40. The summed E-state index contributed by atoms with van der Waals surface area (Å²) in [6, 6.07) is 0.623. The van der Waals surface area contributed by atoms with Crippen LogP contribution in [0.2, 0.25) is 0 Å². The molecule has 0 saturated carbocycles. The van der Waals surface area contributed by atoms with Crippen LogP contribution >= 0.6 is 11.8 Å². The van der Waals surface area contributed by atoms with Crippen molar-refractivity contribution < 1.29 is 0 Å². The van der Waals surface area contributed by atoms with Gasteiger partial charge in [0.2, 0.25) is 0 Å². The number of nitrogens with two attached hydrogens (primary N) is 1. The summed E-state index contributed by atoms with van der Waals surface area (Å²) in [6.45, 7) is 8.08. The van der Waals surface area contributed by atoms with Gasteiger partial charge in [0.25, 0.3) is 0 Å². The summed E-state index contributed by atoms with van der Waals surface area (Å²) < 4.78 is 0. The zero-order chi connectivity index (χ0) is 12.0. The van der Waals surface area contributed by atoms with Crippen LogP contribution in [0.15, 0.2) is 0 Å². The van der Waals surface area contributed by atoms with Gasteiger partial charge in [0.05, 0.1) is 0 Å². The largest absolute Gasteiger partial charge is 0.329 e. The van der Waals surface area contributed by atoms with Gasteiger partial charge < -0.3 is 5.73 Å². The summed E-state index contributed by atoms with van der Waals surface area (Å²) in [6.07, 6.45) is 6.15. The van der Waals surface area contributed by atoms with Crippen molar-refractivity contribution in [2.75, 3.05) is 31.6 Å². The van der Waals surface area contributed by atoms with Gasteiger partial charge in [0.1, 0.15) is 0 Å². The number of hydrogen-bond donors (Lipinski definition) is 1. The van der Waals surface area contributed by atoms with Gasteiger partial charge >= 0.3 is 0 Å². The molecule has 1 fully saturated rings. The summed E-state index contributed by atoms with van der Waals surface area (Å²) in [4.78, 5) is 2.64. The molecule has 2 nitrogen and oxygen atoms in total. The third kappa shape index (κ3) is 4.64. The SMILES string of the molecule is CSCCCC(CN)N1CC(C)CC(C)C1. The van der Waals surface area contributed by atoms with Gasteiger partial charge in [-0.05, 0) is 43.1 Å². The molecule has 1 aliphatic rings. The molecule has 0 aliphatic carbocycles. The molecule has 0 aromatic carbocycles. The van der Waals surface area contributed by atoms with E-state index in [1.807, 2.05) is 11.8 Å². The van der Waals surface area contributed by atoms with E-state index in [1.165, 1.54) is 38.1 Å². The lowest BCUT2D eigenvalue weighted by Crippen LogP contribution is -2.48. The molecule has 96 valence electrons. The minimum atomic E-state index is 0.623. The van der Waals surface area contributed by atoms with E-state index in [0.29, 0.717) is 6.04 Å². The summed E-state index contributed by atoms with van der Waals surface area (Å²) in [5.41, 5.74) is 5.93. The van der Waals surface area contributed by atoms with Crippen LogP contribution in [0.1, 0.15) is 33.1 Å². The topological polar surface area (TPSA) is 29.3 Å². The Morgan fingerprint density at radius 2 is 1.94 bits per heavy atom. The van der Waals surface area contributed by atoms with Crippen molar-refractivity contribution in [3.63, 3.8) is 0 Å². The summed E-state index contributed by atoms with van der Waals surface area (Å²) in [7, 11) is 0. The van der Waals surface area contributed by atoms with Gasteiger partial charge in [-0.2, -0.15) is 11.8 Å². The molecule has 0 bridgehead atoms. The minimum absolute atomic E-state index is 0.623. The maximum absolute atomic E-state index is 5.93. The van der Waals surface area contributed by atoms with E-state index in [0.717, 1.165) is 18.4 Å². The average Bonchev–Trinajstić information content (AvgIpc) is 2.23. The maximum atomic E-state index is 5.93. The van der Waals surface area contributed by atoms with Crippen LogP contribution < -0.4 is 5.73 Å². The van der Waals surface area contributed by atoms with Gasteiger partial charge in [0.15, 0.2) is 0 Å². The van der Waals surface area contributed by atoms with E-state index in [-0.39, 0.29) is 0 Å². The van der Waals surface area contributed by atoms with Crippen molar-refractivity contribution in [1.29, 1.82) is 0 Å². The highest BCUT2D eigenvalue weighted by atomic mass is 32.2. The third-order valence-electron chi connectivity index (χ3n) is 3.57. The Morgan fingerprint density at radius 3 is 2.44 bits per heavy atom. The van der Waals surface area contributed by atoms with E-state index < -0.39 is 0 Å². The number of nitrogens with zero attached hydrogens (tertiary/aromatic N) is 1. The average molecular weight is 244 g/mol. The first kappa shape index (κ1) is 14.3. The fourth-order valence-electron chi connectivity index (χ4n) is 2.92. The molecule has 2 N–H and O–H groups in total. The molecule has 1 saturated heterocycles. The quantitative estimate of drug-likeness (QED) is 0.728. The first-order chi connectivity index (χ1) is 7.67. The second kappa shape index (κ2) is 7.57. The molecule has 3 heteroatoms. The Bertz CT molecular complexity index is 177. The van der Waals surface area contributed by atoms with E-state index in [4.69, 9.17) is 5.73 Å². The molecule has 1 heterocycles. The monoisotopic (exact) mass is 244 g/mol.